The van der Waals surface area contributed by atoms with Crippen LogP contribution in [0, 0.1) is 27.7 Å². The zero-order valence-corrected chi connectivity index (χ0v) is 41.5. The lowest BCUT2D eigenvalue weighted by atomic mass is 10.1. The Morgan fingerprint density at radius 1 is 0.443 bits per heavy atom. The molecule has 0 amide bonds. The van der Waals surface area contributed by atoms with Crippen molar-refractivity contribution in [3.05, 3.63) is 202 Å². The van der Waals surface area contributed by atoms with E-state index in [0.29, 0.717) is 0 Å². The maximum Gasteiger partial charge on any atom is 0.179 e. The Morgan fingerprint density at radius 3 is 1.16 bits per heavy atom. The van der Waals surface area contributed by atoms with Crippen molar-refractivity contribution in [3.8, 4) is 11.4 Å². The Bertz CT molecular complexity index is 2720. The molecule has 360 valence electrons. The first-order valence-electron chi connectivity index (χ1n) is 24.5. The molecule has 10 rings (SSSR count). The molecule has 0 N–H and O–H groups in total. The monoisotopic (exact) mass is 935 g/mol. The zero-order valence-electron chi connectivity index (χ0n) is 41.5. The molecule has 0 bridgehead atoms. The minimum atomic E-state index is -0.0222. The lowest BCUT2D eigenvalue weighted by molar-refractivity contribution is 0.111. The molecule has 2 aliphatic rings. The molecule has 2 saturated heterocycles. The summed E-state index contributed by atoms with van der Waals surface area (Å²) in [5.41, 5.74) is 11.7. The van der Waals surface area contributed by atoms with Gasteiger partial charge in [-0.3, -0.25) is 19.6 Å². The predicted octanol–water partition coefficient (Wildman–Crippen LogP) is 8.08. The van der Waals surface area contributed by atoms with E-state index in [1.54, 1.807) is 0 Å². The Hall–Kier alpha value is -7.10. The standard InChI is InChI=1S/2C28H33N7/c2*1-22-10-7-11-23(2)26(22)35-28(29-30-31-35)27(25-15-9-16-32(25)3)34-20-18-33(19-21-34)17-8-14-24-12-5-4-6-13-24/h2*4-16,27H,17-21H2,1-3H3/b2*14-8+/t2*27-/m10/s1. The molecule has 4 aromatic carbocycles. The van der Waals surface area contributed by atoms with E-state index in [0.717, 1.165) is 88.5 Å². The van der Waals surface area contributed by atoms with Crippen molar-refractivity contribution in [3.63, 3.8) is 0 Å². The highest BCUT2D eigenvalue weighted by molar-refractivity contribution is 5.50. The van der Waals surface area contributed by atoms with Gasteiger partial charge in [-0.1, -0.05) is 121 Å². The Morgan fingerprint density at radius 2 is 0.814 bits per heavy atom. The van der Waals surface area contributed by atoms with Crippen molar-refractivity contribution in [2.45, 2.75) is 39.8 Å². The average Bonchev–Trinajstić information content (AvgIpc) is 4.22. The van der Waals surface area contributed by atoms with E-state index in [2.05, 4.69) is 260 Å². The lowest BCUT2D eigenvalue weighted by Crippen LogP contribution is -2.48. The largest absolute Gasteiger partial charge is 0.353 e. The summed E-state index contributed by atoms with van der Waals surface area (Å²) >= 11 is 0. The van der Waals surface area contributed by atoms with Crippen LogP contribution in [-0.4, -0.2) is 135 Å². The molecule has 6 heterocycles. The number of hydrogen-bond donors (Lipinski definition) is 0. The van der Waals surface area contributed by atoms with Crippen LogP contribution in [0.5, 0.6) is 0 Å². The summed E-state index contributed by atoms with van der Waals surface area (Å²) in [7, 11) is 4.19. The van der Waals surface area contributed by atoms with Gasteiger partial charge in [-0.2, -0.15) is 9.36 Å². The van der Waals surface area contributed by atoms with E-state index in [1.165, 1.54) is 44.8 Å². The van der Waals surface area contributed by atoms with Gasteiger partial charge < -0.3 is 9.13 Å². The second kappa shape index (κ2) is 22.5. The van der Waals surface area contributed by atoms with Gasteiger partial charge in [0.2, 0.25) is 0 Å². The van der Waals surface area contributed by atoms with Crippen LogP contribution in [-0.2, 0) is 14.1 Å². The van der Waals surface area contributed by atoms with E-state index in [4.69, 9.17) is 0 Å². The van der Waals surface area contributed by atoms with Crippen LogP contribution < -0.4 is 0 Å². The molecule has 0 unspecified atom stereocenters. The van der Waals surface area contributed by atoms with Gasteiger partial charge in [-0.25, -0.2) is 0 Å². The normalized spacial score (nSPS) is 16.2. The summed E-state index contributed by atoms with van der Waals surface area (Å²) in [4.78, 5) is 10.0. The van der Waals surface area contributed by atoms with Gasteiger partial charge in [0.05, 0.1) is 11.4 Å². The number of tetrazole rings is 2. The Labute approximate surface area is 412 Å². The topological polar surface area (TPSA) is 110 Å². The number of piperazine rings is 2. The number of aryl methyl sites for hydroxylation is 6. The minimum Gasteiger partial charge on any atom is -0.353 e. The third kappa shape index (κ3) is 11.0. The van der Waals surface area contributed by atoms with Crippen molar-refractivity contribution in [1.29, 1.82) is 0 Å². The second-order valence-electron chi connectivity index (χ2n) is 18.6. The highest BCUT2D eigenvalue weighted by Gasteiger charge is 2.34. The molecule has 70 heavy (non-hydrogen) atoms. The van der Waals surface area contributed by atoms with Crippen LogP contribution in [0.3, 0.4) is 0 Å². The van der Waals surface area contributed by atoms with Gasteiger partial charge >= 0.3 is 0 Å². The van der Waals surface area contributed by atoms with Crippen molar-refractivity contribution in [2.75, 3.05) is 65.4 Å². The van der Waals surface area contributed by atoms with Gasteiger partial charge in [-0.15, -0.1) is 10.2 Å². The highest BCUT2D eigenvalue weighted by atomic mass is 15.6. The van der Waals surface area contributed by atoms with Crippen molar-refractivity contribution < 1.29 is 0 Å². The summed E-state index contributed by atoms with van der Waals surface area (Å²) < 4.78 is 8.25. The first kappa shape index (κ1) is 47.9. The van der Waals surface area contributed by atoms with Crippen LogP contribution in [0.1, 0.15) is 68.5 Å². The van der Waals surface area contributed by atoms with Crippen molar-refractivity contribution in [1.82, 2.24) is 69.1 Å². The number of benzene rings is 4. The van der Waals surface area contributed by atoms with Crippen LogP contribution in [0.25, 0.3) is 23.5 Å². The maximum absolute atomic E-state index is 4.57. The number of aromatic nitrogens is 10. The fraction of sp³-hybridized carbons (Fsp3) is 0.321. The second-order valence-corrected chi connectivity index (χ2v) is 18.6. The number of para-hydroxylation sites is 2. The van der Waals surface area contributed by atoms with E-state index in [9.17, 15) is 0 Å². The molecule has 0 spiro atoms. The molecule has 14 nitrogen and oxygen atoms in total. The fourth-order valence-electron chi connectivity index (χ4n) is 10.0. The molecule has 14 heteroatoms. The van der Waals surface area contributed by atoms with Crippen LogP contribution in [0.2, 0.25) is 0 Å². The summed E-state index contributed by atoms with van der Waals surface area (Å²) in [6, 6.07) is 42.1. The molecule has 2 atom stereocenters. The van der Waals surface area contributed by atoms with Gasteiger partial charge in [-0.05, 0) is 106 Å². The Kier molecular flexibility index (Phi) is 15.4. The quantitative estimate of drug-likeness (QED) is 0.106. The number of nitrogens with zero attached hydrogens (tertiary/aromatic N) is 14. The van der Waals surface area contributed by atoms with Gasteiger partial charge in [0, 0.05) is 103 Å². The first-order valence-corrected chi connectivity index (χ1v) is 24.5. The van der Waals surface area contributed by atoms with Gasteiger partial charge in [0.15, 0.2) is 11.6 Å². The minimum absolute atomic E-state index is 0.0222. The maximum atomic E-state index is 4.57. The smallest absolute Gasteiger partial charge is 0.179 e. The van der Waals surface area contributed by atoms with Crippen LogP contribution >= 0.6 is 0 Å². The van der Waals surface area contributed by atoms with Gasteiger partial charge in [0.1, 0.15) is 12.1 Å². The summed E-state index contributed by atoms with van der Waals surface area (Å²) in [5.74, 6) is 1.73. The molecule has 2 aliphatic heterocycles. The summed E-state index contributed by atoms with van der Waals surface area (Å²) in [6.07, 6.45) is 13.1. The fourth-order valence-corrected chi connectivity index (χ4v) is 10.0. The predicted molar refractivity (Wildman–Crippen MR) is 279 cm³/mol. The van der Waals surface area contributed by atoms with Gasteiger partial charge in [0.25, 0.3) is 0 Å². The zero-order chi connectivity index (χ0) is 48.4. The third-order valence-electron chi connectivity index (χ3n) is 13.8. The summed E-state index contributed by atoms with van der Waals surface area (Å²) in [6.45, 7) is 18.2. The average molecular weight is 935 g/mol. The van der Waals surface area contributed by atoms with Crippen LogP contribution in [0.15, 0.2) is 146 Å². The van der Waals surface area contributed by atoms with E-state index >= 15 is 0 Å². The first-order chi connectivity index (χ1) is 34.2. The molecular formula is C56H66N14. The van der Waals surface area contributed by atoms with Crippen LogP contribution in [0.4, 0.5) is 0 Å². The Balaban J connectivity index is 0.000000174. The molecular weight excluding hydrogens is 869 g/mol. The SMILES string of the molecule is Cc1cccc(C)c1-n1nnnc1[C@@H](c1cccn1C)N1CCN(C/C=C/c2ccccc2)CC1.Cc1cccc(C)c1-n1nnnc1[C@H](c1cccn1C)N1CCN(C/C=C/c2ccccc2)CC1. The molecule has 0 radical (unpaired) electrons. The number of rotatable bonds is 14. The number of hydrogen-bond acceptors (Lipinski definition) is 10. The summed E-state index contributed by atoms with van der Waals surface area (Å²) in [5, 5.41) is 26.3. The van der Waals surface area contributed by atoms with E-state index < -0.39 is 0 Å². The molecule has 2 fully saturated rings. The van der Waals surface area contributed by atoms with E-state index in [1.807, 2.05) is 9.36 Å². The molecule has 0 saturated carbocycles. The molecule has 0 aliphatic carbocycles. The lowest BCUT2D eigenvalue weighted by Gasteiger charge is -2.38. The molecule has 8 aromatic rings. The highest BCUT2D eigenvalue weighted by Crippen LogP contribution is 2.33. The van der Waals surface area contributed by atoms with Crippen molar-refractivity contribution in [2.24, 2.45) is 14.1 Å². The molecule has 4 aromatic heterocycles. The van der Waals surface area contributed by atoms with Crippen molar-refractivity contribution >= 4 is 12.2 Å². The third-order valence-corrected chi connectivity index (χ3v) is 13.8. The van der Waals surface area contributed by atoms with E-state index in [-0.39, 0.29) is 12.1 Å².